The molecule has 0 aliphatic rings. The zero-order valence-electron chi connectivity index (χ0n) is 11.3. The van der Waals surface area contributed by atoms with E-state index >= 15 is 0 Å². The lowest BCUT2D eigenvalue weighted by Gasteiger charge is -2.07. The Hall–Kier alpha value is -1.95. The van der Waals surface area contributed by atoms with E-state index in [-0.39, 0.29) is 0 Å². The summed E-state index contributed by atoms with van der Waals surface area (Å²) in [6.07, 6.45) is 5.66. The zero-order valence-corrected chi connectivity index (χ0v) is 12.8. The Balaban J connectivity index is 1.77. The molecule has 5 nitrogen and oxygen atoms in total. The first-order chi connectivity index (χ1) is 9.61. The van der Waals surface area contributed by atoms with Crippen molar-refractivity contribution in [3.05, 3.63) is 52.1 Å². The molecule has 0 saturated carbocycles. The summed E-state index contributed by atoms with van der Waals surface area (Å²) in [6, 6.07) is 4.01. The molecule has 0 fully saturated rings. The van der Waals surface area contributed by atoms with Crippen LogP contribution in [0.1, 0.15) is 16.8 Å². The van der Waals surface area contributed by atoms with E-state index in [9.17, 15) is 0 Å². The van der Waals surface area contributed by atoms with Gasteiger partial charge in [0, 0.05) is 30.6 Å². The van der Waals surface area contributed by atoms with Gasteiger partial charge in [-0.1, -0.05) is 0 Å². The van der Waals surface area contributed by atoms with Crippen molar-refractivity contribution >= 4 is 27.3 Å². The summed E-state index contributed by atoms with van der Waals surface area (Å²) in [6.45, 7) is 4.66. The highest BCUT2D eigenvalue weighted by molar-refractivity contribution is 9.10. The Morgan fingerprint density at radius 1 is 1.20 bits per heavy atom. The first kappa shape index (κ1) is 13.1. The van der Waals surface area contributed by atoms with Crippen LogP contribution in [0.3, 0.4) is 0 Å². The van der Waals surface area contributed by atoms with Gasteiger partial charge in [0.05, 0.1) is 17.6 Å². The average molecular weight is 332 g/mol. The van der Waals surface area contributed by atoms with Crippen LogP contribution in [0.2, 0.25) is 0 Å². The number of hydrogen-bond acceptors (Lipinski definition) is 4. The zero-order chi connectivity index (χ0) is 14.1. The fourth-order valence-electron chi connectivity index (χ4n) is 1.98. The van der Waals surface area contributed by atoms with E-state index in [4.69, 9.17) is 0 Å². The molecular formula is C14H14BrN5. The number of pyridine rings is 1. The number of rotatable bonds is 3. The van der Waals surface area contributed by atoms with E-state index in [2.05, 4.69) is 42.4 Å². The number of hydrogen-bond donors (Lipinski definition) is 1. The quantitative estimate of drug-likeness (QED) is 0.749. The normalized spacial score (nSPS) is 10.9. The molecule has 0 amide bonds. The Bertz CT molecular complexity index is 765. The number of nitrogens with one attached hydrogen (secondary N) is 1. The molecule has 0 atom stereocenters. The van der Waals surface area contributed by atoms with Crippen LogP contribution < -0.4 is 5.32 Å². The molecule has 0 bridgehead atoms. The van der Waals surface area contributed by atoms with Crippen LogP contribution >= 0.6 is 15.9 Å². The number of halogens is 1. The molecule has 0 radical (unpaired) electrons. The third-order valence-electron chi connectivity index (χ3n) is 3.00. The Morgan fingerprint density at radius 2 is 2.05 bits per heavy atom. The maximum absolute atomic E-state index is 4.38. The predicted molar refractivity (Wildman–Crippen MR) is 81.7 cm³/mol. The van der Waals surface area contributed by atoms with Crippen LogP contribution in [-0.4, -0.2) is 19.6 Å². The predicted octanol–water partition coefficient (Wildman–Crippen LogP) is 3.12. The lowest BCUT2D eigenvalue weighted by Crippen LogP contribution is -2.03. The number of anilines is 1. The summed E-state index contributed by atoms with van der Waals surface area (Å²) >= 11 is 3.39. The minimum Gasteiger partial charge on any atom is -0.380 e. The van der Waals surface area contributed by atoms with Crippen molar-refractivity contribution < 1.29 is 0 Å². The molecule has 1 N–H and O–H groups in total. The second-order valence-corrected chi connectivity index (χ2v) is 5.49. The van der Waals surface area contributed by atoms with Gasteiger partial charge in [0.15, 0.2) is 5.65 Å². The van der Waals surface area contributed by atoms with E-state index in [1.165, 1.54) is 0 Å². The van der Waals surface area contributed by atoms with Crippen LogP contribution in [-0.2, 0) is 6.54 Å². The highest BCUT2D eigenvalue weighted by Crippen LogP contribution is 2.17. The lowest BCUT2D eigenvalue weighted by molar-refractivity contribution is 0.895. The molecule has 3 rings (SSSR count). The molecule has 6 heteroatoms. The molecule has 20 heavy (non-hydrogen) atoms. The summed E-state index contributed by atoms with van der Waals surface area (Å²) in [4.78, 5) is 8.65. The average Bonchev–Trinajstić information content (AvgIpc) is 2.79. The van der Waals surface area contributed by atoms with Gasteiger partial charge in [-0.05, 0) is 41.4 Å². The second kappa shape index (κ2) is 5.20. The highest BCUT2D eigenvalue weighted by Gasteiger charge is 2.02. The molecule has 0 aliphatic carbocycles. The second-order valence-electron chi connectivity index (χ2n) is 4.74. The summed E-state index contributed by atoms with van der Waals surface area (Å²) < 4.78 is 2.68. The molecule has 3 aromatic heterocycles. The van der Waals surface area contributed by atoms with Crippen molar-refractivity contribution in [2.75, 3.05) is 5.32 Å². The SMILES string of the molecule is Cc1cc2ncc(CNc3cnc(Br)c(C)c3)cn2n1. The first-order valence-corrected chi connectivity index (χ1v) is 7.08. The number of aromatic nitrogens is 4. The van der Waals surface area contributed by atoms with E-state index < -0.39 is 0 Å². The summed E-state index contributed by atoms with van der Waals surface area (Å²) in [5.41, 5.74) is 5.00. The lowest BCUT2D eigenvalue weighted by atomic mass is 10.3. The topological polar surface area (TPSA) is 55.1 Å². The van der Waals surface area contributed by atoms with Crippen LogP contribution in [0, 0.1) is 13.8 Å². The largest absolute Gasteiger partial charge is 0.380 e. The monoisotopic (exact) mass is 331 g/mol. The van der Waals surface area contributed by atoms with Gasteiger partial charge in [-0.3, -0.25) is 0 Å². The van der Waals surface area contributed by atoms with E-state index in [1.807, 2.05) is 32.3 Å². The van der Waals surface area contributed by atoms with Crippen molar-refractivity contribution in [2.45, 2.75) is 20.4 Å². The third-order valence-corrected chi connectivity index (χ3v) is 3.83. The maximum Gasteiger partial charge on any atom is 0.155 e. The molecule has 3 aromatic rings. The molecule has 0 aliphatic heterocycles. The van der Waals surface area contributed by atoms with Gasteiger partial charge in [0.1, 0.15) is 4.60 Å². The fourth-order valence-corrected chi connectivity index (χ4v) is 2.20. The van der Waals surface area contributed by atoms with Gasteiger partial charge in [-0.2, -0.15) is 5.10 Å². The van der Waals surface area contributed by atoms with E-state index in [1.54, 1.807) is 10.7 Å². The molecule has 3 heterocycles. The van der Waals surface area contributed by atoms with Crippen LogP contribution in [0.5, 0.6) is 0 Å². The van der Waals surface area contributed by atoms with Gasteiger partial charge < -0.3 is 5.32 Å². The maximum atomic E-state index is 4.38. The molecule has 0 aromatic carbocycles. The molecule has 102 valence electrons. The standard InChI is InChI=1S/C14H14BrN5/c1-9-3-12(7-18-14(9)15)16-5-11-6-17-13-4-10(2)19-20(13)8-11/h3-4,6-8,16H,5H2,1-2H3. The summed E-state index contributed by atoms with van der Waals surface area (Å²) in [5.74, 6) is 0. The fraction of sp³-hybridized carbons (Fsp3) is 0.214. The smallest absolute Gasteiger partial charge is 0.155 e. The van der Waals surface area contributed by atoms with E-state index in [0.29, 0.717) is 6.54 Å². The van der Waals surface area contributed by atoms with Crippen LogP contribution in [0.25, 0.3) is 5.65 Å². The Morgan fingerprint density at radius 3 is 2.85 bits per heavy atom. The van der Waals surface area contributed by atoms with Gasteiger partial charge in [-0.15, -0.1) is 0 Å². The van der Waals surface area contributed by atoms with Crippen LogP contribution in [0.15, 0.2) is 35.3 Å². The molecule has 0 saturated heterocycles. The minimum absolute atomic E-state index is 0.685. The van der Waals surface area contributed by atoms with Crippen molar-refractivity contribution in [3.8, 4) is 0 Å². The van der Waals surface area contributed by atoms with Crippen LogP contribution in [0.4, 0.5) is 5.69 Å². The van der Waals surface area contributed by atoms with Crippen molar-refractivity contribution in [1.29, 1.82) is 0 Å². The van der Waals surface area contributed by atoms with Gasteiger partial charge in [-0.25, -0.2) is 14.5 Å². The molecule has 0 unspecified atom stereocenters. The first-order valence-electron chi connectivity index (χ1n) is 6.29. The third kappa shape index (κ3) is 2.65. The van der Waals surface area contributed by atoms with Gasteiger partial charge in [0.25, 0.3) is 0 Å². The number of nitrogens with zero attached hydrogens (tertiary/aromatic N) is 4. The Kier molecular flexibility index (Phi) is 3.40. The number of fused-ring (bicyclic) bond motifs is 1. The summed E-state index contributed by atoms with van der Waals surface area (Å²) in [5, 5.41) is 7.70. The van der Waals surface area contributed by atoms with Gasteiger partial charge >= 0.3 is 0 Å². The van der Waals surface area contributed by atoms with Crippen molar-refractivity contribution in [3.63, 3.8) is 0 Å². The summed E-state index contributed by atoms with van der Waals surface area (Å²) in [7, 11) is 0. The molecule has 0 spiro atoms. The van der Waals surface area contributed by atoms with E-state index in [0.717, 1.165) is 32.8 Å². The van der Waals surface area contributed by atoms with Gasteiger partial charge in [0.2, 0.25) is 0 Å². The Labute approximate surface area is 125 Å². The number of aryl methyl sites for hydroxylation is 2. The molecular weight excluding hydrogens is 318 g/mol. The minimum atomic E-state index is 0.685. The van der Waals surface area contributed by atoms with Crippen molar-refractivity contribution in [1.82, 2.24) is 19.6 Å². The highest BCUT2D eigenvalue weighted by atomic mass is 79.9. The van der Waals surface area contributed by atoms with Crippen molar-refractivity contribution in [2.24, 2.45) is 0 Å².